The fourth-order valence-electron chi connectivity index (χ4n) is 2.38. The van der Waals surface area contributed by atoms with Crippen LogP contribution in [0.4, 0.5) is 0 Å². The number of benzene rings is 2. The summed E-state index contributed by atoms with van der Waals surface area (Å²) in [5.41, 5.74) is 1.15. The Hall–Kier alpha value is -2.40. The highest BCUT2D eigenvalue weighted by Crippen LogP contribution is 2.23. The molecule has 0 radical (unpaired) electrons. The highest BCUT2D eigenvalue weighted by molar-refractivity contribution is 5.87. The average Bonchev–Trinajstić information content (AvgIpc) is 2.56. The number of likely N-dealkylation sites (N-methyl/N-ethyl adjacent to an activating group) is 1. The van der Waals surface area contributed by atoms with Gasteiger partial charge >= 0.3 is 0 Å². The zero-order valence-electron chi connectivity index (χ0n) is 13.8. The maximum absolute atomic E-state index is 11.8. The van der Waals surface area contributed by atoms with Crippen molar-refractivity contribution in [1.29, 1.82) is 0 Å². The maximum Gasteiger partial charge on any atom is 0.241 e. The molecule has 0 saturated heterocycles. The molecule has 0 saturated carbocycles. The zero-order valence-corrected chi connectivity index (χ0v) is 13.8. The Morgan fingerprint density at radius 2 is 1.74 bits per heavy atom. The molecule has 0 bridgehead atoms. The number of fused-ring (bicyclic) bond motifs is 1. The molecule has 0 aromatic heterocycles. The van der Waals surface area contributed by atoms with Crippen LogP contribution in [0.3, 0.4) is 0 Å². The van der Waals surface area contributed by atoms with Crippen molar-refractivity contribution in [1.82, 2.24) is 15.5 Å². The summed E-state index contributed by atoms with van der Waals surface area (Å²) in [6.07, 6.45) is 0. The van der Waals surface area contributed by atoms with Crippen molar-refractivity contribution in [2.75, 3.05) is 27.2 Å². The van der Waals surface area contributed by atoms with Crippen molar-refractivity contribution in [3.8, 4) is 0 Å². The lowest BCUT2D eigenvalue weighted by Gasteiger charge is -2.17. The normalized spacial score (nSPS) is 12.0. The van der Waals surface area contributed by atoms with Gasteiger partial charge in [-0.2, -0.15) is 0 Å². The number of amides is 2. The zero-order chi connectivity index (χ0) is 16.8. The third-order valence-electron chi connectivity index (χ3n) is 3.79. The van der Waals surface area contributed by atoms with Gasteiger partial charge in [-0.15, -0.1) is 0 Å². The molecular weight excluding hydrogens is 290 g/mol. The summed E-state index contributed by atoms with van der Waals surface area (Å²) in [4.78, 5) is 24.7. The summed E-state index contributed by atoms with van der Waals surface area (Å²) in [6, 6.07) is 14.4. The van der Waals surface area contributed by atoms with E-state index in [2.05, 4.69) is 34.9 Å². The first kappa shape index (κ1) is 17.0. The Bertz CT molecular complexity index is 692. The van der Waals surface area contributed by atoms with Gasteiger partial charge in [-0.05, 0) is 23.3 Å². The van der Waals surface area contributed by atoms with Crippen LogP contribution in [0, 0.1) is 0 Å². The number of nitrogens with one attached hydrogen (secondary N) is 2. The SMILES string of the molecule is C[C@H](NCC(=O)NCC(=O)N(C)C)c1cccc2ccccc12. The molecule has 0 fully saturated rings. The molecule has 0 aliphatic carbocycles. The first-order chi connectivity index (χ1) is 11.0. The van der Waals surface area contributed by atoms with Crippen molar-refractivity contribution in [2.24, 2.45) is 0 Å². The van der Waals surface area contributed by atoms with Crippen LogP contribution in [0.5, 0.6) is 0 Å². The molecule has 23 heavy (non-hydrogen) atoms. The van der Waals surface area contributed by atoms with Crippen LogP contribution in [0.2, 0.25) is 0 Å². The lowest BCUT2D eigenvalue weighted by Crippen LogP contribution is -2.40. The Kier molecular flexibility index (Phi) is 5.71. The molecule has 0 aliphatic heterocycles. The van der Waals surface area contributed by atoms with E-state index in [1.807, 2.05) is 25.1 Å². The predicted molar refractivity (Wildman–Crippen MR) is 92.1 cm³/mol. The van der Waals surface area contributed by atoms with Gasteiger partial charge in [0.05, 0.1) is 13.1 Å². The number of carbonyl (C=O) groups is 2. The number of hydrogen-bond acceptors (Lipinski definition) is 3. The Morgan fingerprint density at radius 3 is 2.48 bits per heavy atom. The molecule has 2 rings (SSSR count). The van der Waals surface area contributed by atoms with E-state index in [-0.39, 0.29) is 30.9 Å². The minimum Gasteiger partial charge on any atom is -0.347 e. The summed E-state index contributed by atoms with van der Waals surface area (Å²) in [5.74, 6) is -0.312. The molecule has 0 heterocycles. The van der Waals surface area contributed by atoms with E-state index in [0.717, 1.165) is 5.56 Å². The first-order valence-corrected chi connectivity index (χ1v) is 7.67. The lowest BCUT2D eigenvalue weighted by atomic mass is 10.00. The highest BCUT2D eigenvalue weighted by atomic mass is 16.2. The van der Waals surface area contributed by atoms with E-state index < -0.39 is 0 Å². The summed E-state index contributed by atoms with van der Waals surface area (Å²) in [6.45, 7) is 2.22. The summed E-state index contributed by atoms with van der Waals surface area (Å²) in [7, 11) is 3.32. The number of nitrogens with zero attached hydrogens (tertiary/aromatic N) is 1. The molecule has 0 spiro atoms. The second kappa shape index (κ2) is 7.74. The van der Waals surface area contributed by atoms with E-state index >= 15 is 0 Å². The average molecular weight is 313 g/mol. The number of carbonyl (C=O) groups excluding carboxylic acids is 2. The van der Waals surface area contributed by atoms with Crippen LogP contribution >= 0.6 is 0 Å². The summed E-state index contributed by atoms with van der Waals surface area (Å²) >= 11 is 0. The third kappa shape index (κ3) is 4.53. The monoisotopic (exact) mass is 313 g/mol. The number of hydrogen-bond donors (Lipinski definition) is 2. The van der Waals surface area contributed by atoms with Crippen molar-refractivity contribution in [2.45, 2.75) is 13.0 Å². The third-order valence-corrected chi connectivity index (χ3v) is 3.79. The minimum absolute atomic E-state index is 0.0240. The molecule has 2 amide bonds. The van der Waals surface area contributed by atoms with Crippen LogP contribution in [-0.4, -0.2) is 43.9 Å². The van der Waals surface area contributed by atoms with Gasteiger partial charge in [-0.25, -0.2) is 0 Å². The molecule has 1 atom stereocenters. The largest absolute Gasteiger partial charge is 0.347 e. The minimum atomic E-state index is -0.188. The van der Waals surface area contributed by atoms with E-state index in [9.17, 15) is 9.59 Å². The van der Waals surface area contributed by atoms with E-state index in [1.165, 1.54) is 15.7 Å². The second-order valence-electron chi connectivity index (χ2n) is 5.74. The van der Waals surface area contributed by atoms with Crippen molar-refractivity contribution < 1.29 is 9.59 Å². The van der Waals surface area contributed by atoms with Crippen molar-refractivity contribution >= 4 is 22.6 Å². The standard InChI is InChI=1S/C18H23N3O2/c1-13(19-11-17(22)20-12-18(23)21(2)3)15-10-6-8-14-7-4-5-9-16(14)15/h4-10,13,19H,11-12H2,1-3H3,(H,20,22)/t13-/m0/s1. The van der Waals surface area contributed by atoms with Gasteiger partial charge < -0.3 is 15.5 Å². The summed E-state index contributed by atoms with van der Waals surface area (Å²) in [5, 5.41) is 8.18. The van der Waals surface area contributed by atoms with E-state index in [1.54, 1.807) is 14.1 Å². The Morgan fingerprint density at radius 1 is 1.04 bits per heavy atom. The molecule has 5 heteroatoms. The maximum atomic E-state index is 11.8. The van der Waals surface area contributed by atoms with Crippen LogP contribution < -0.4 is 10.6 Å². The number of rotatable bonds is 6. The van der Waals surface area contributed by atoms with E-state index in [0.29, 0.717) is 0 Å². The van der Waals surface area contributed by atoms with Crippen LogP contribution in [0.15, 0.2) is 42.5 Å². The molecule has 5 nitrogen and oxygen atoms in total. The fourth-order valence-corrected chi connectivity index (χ4v) is 2.38. The highest BCUT2D eigenvalue weighted by Gasteiger charge is 2.11. The predicted octanol–water partition coefficient (Wildman–Crippen LogP) is 1.69. The molecule has 2 aromatic carbocycles. The van der Waals surface area contributed by atoms with Crippen LogP contribution in [0.1, 0.15) is 18.5 Å². The lowest BCUT2D eigenvalue weighted by molar-refractivity contribution is -0.130. The van der Waals surface area contributed by atoms with Gasteiger partial charge in [0.2, 0.25) is 11.8 Å². The van der Waals surface area contributed by atoms with Crippen molar-refractivity contribution in [3.63, 3.8) is 0 Å². The Labute approximate surface area is 136 Å². The first-order valence-electron chi connectivity index (χ1n) is 7.67. The molecule has 0 aliphatic rings. The van der Waals surface area contributed by atoms with Gasteiger partial charge in [0, 0.05) is 20.1 Å². The molecule has 2 aromatic rings. The summed E-state index contributed by atoms with van der Waals surface area (Å²) < 4.78 is 0. The molecular formula is C18H23N3O2. The van der Waals surface area contributed by atoms with Crippen molar-refractivity contribution in [3.05, 3.63) is 48.0 Å². The van der Waals surface area contributed by atoms with Gasteiger partial charge in [0.25, 0.3) is 0 Å². The molecule has 0 unspecified atom stereocenters. The molecule has 2 N–H and O–H groups in total. The van der Waals surface area contributed by atoms with Crippen LogP contribution in [0.25, 0.3) is 10.8 Å². The molecule has 122 valence electrons. The van der Waals surface area contributed by atoms with Gasteiger partial charge in [0.15, 0.2) is 0 Å². The topological polar surface area (TPSA) is 61.4 Å². The fraction of sp³-hybridized carbons (Fsp3) is 0.333. The Balaban J connectivity index is 1.92. The van der Waals surface area contributed by atoms with Gasteiger partial charge in [-0.1, -0.05) is 42.5 Å². The van der Waals surface area contributed by atoms with Gasteiger partial charge in [-0.3, -0.25) is 9.59 Å². The van der Waals surface area contributed by atoms with Gasteiger partial charge in [0.1, 0.15) is 0 Å². The quantitative estimate of drug-likeness (QED) is 0.853. The smallest absolute Gasteiger partial charge is 0.241 e. The van der Waals surface area contributed by atoms with Crippen LogP contribution in [-0.2, 0) is 9.59 Å². The second-order valence-corrected chi connectivity index (χ2v) is 5.74. The van der Waals surface area contributed by atoms with E-state index in [4.69, 9.17) is 0 Å².